The highest BCUT2D eigenvalue weighted by Crippen LogP contribution is 2.22. The van der Waals surface area contributed by atoms with E-state index in [4.69, 9.17) is 16.3 Å². The molecule has 1 heterocycles. The first kappa shape index (κ1) is 15.8. The minimum atomic E-state index is -0.0490. The second-order valence-corrected chi connectivity index (χ2v) is 6.45. The van der Waals surface area contributed by atoms with Crippen molar-refractivity contribution in [3.63, 3.8) is 0 Å². The fourth-order valence-electron chi connectivity index (χ4n) is 2.34. The molecule has 0 aromatic heterocycles. The normalized spacial score (nSPS) is 18.9. The van der Waals surface area contributed by atoms with Crippen LogP contribution in [-0.4, -0.2) is 37.1 Å². The van der Waals surface area contributed by atoms with Gasteiger partial charge in [-0.05, 0) is 43.9 Å². The molecule has 3 nitrogen and oxygen atoms in total. The van der Waals surface area contributed by atoms with E-state index in [1.165, 1.54) is 6.42 Å². The van der Waals surface area contributed by atoms with Gasteiger partial charge in [-0.3, -0.25) is 4.79 Å². The molecule has 0 N–H and O–H groups in total. The van der Waals surface area contributed by atoms with Gasteiger partial charge in [-0.25, -0.2) is 0 Å². The topological polar surface area (TPSA) is 29.5 Å². The lowest BCUT2D eigenvalue weighted by molar-refractivity contribution is 0.00709. The van der Waals surface area contributed by atoms with E-state index in [9.17, 15) is 4.79 Å². The van der Waals surface area contributed by atoms with Gasteiger partial charge in [0.2, 0.25) is 0 Å². The van der Waals surface area contributed by atoms with Crippen LogP contribution in [0.15, 0.2) is 22.7 Å². The van der Waals surface area contributed by atoms with Crippen molar-refractivity contribution in [1.82, 2.24) is 4.90 Å². The lowest BCUT2D eigenvalue weighted by atomic mass is 10.1. The van der Waals surface area contributed by atoms with Gasteiger partial charge >= 0.3 is 0 Å². The summed E-state index contributed by atoms with van der Waals surface area (Å²) in [5.41, 5.74) is 0.535. The number of hydrogen-bond donors (Lipinski definition) is 0. The van der Waals surface area contributed by atoms with Crippen molar-refractivity contribution >= 4 is 33.4 Å². The van der Waals surface area contributed by atoms with Gasteiger partial charge in [0.1, 0.15) is 0 Å². The van der Waals surface area contributed by atoms with E-state index in [2.05, 4.69) is 15.9 Å². The maximum atomic E-state index is 12.4. The van der Waals surface area contributed by atoms with Gasteiger partial charge < -0.3 is 9.64 Å². The van der Waals surface area contributed by atoms with Crippen LogP contribution in [0.3, 0.4) is 0 Å². The monoisotopic (exact) mass is 359 g/mol. The van der Waals surface area contributed by atoms with Crippen molar-refractivity contribution in [2.45, 2.75) is 31.8 Å². The fourth-order valence-corrected chi connectivity index (χ4v) is 2.90. The zero-order chi connectivity index (χ0) is 14.5. The number of halogens is 2. The van der Waals surface area contributed by atoms with Crippen LogP contribution in [0.2, 0.25) is 5.02 Å². The van der Waals surface area contributed by atoms with Crippen molar-refractivity contribution < 1.29 is 9.53 Å². The molecule has 1 saturated heterocycles. The van der Waals surface area contributed by atoms with E-state index in [-0.39, 0.29) is 12.0 Å². The first-order valence-corrected chi connectivity index (χ1v) is 8.07. The van der Waals surface area contributed by atoms with Gasteiger partial charge in [-0.1, -0.05) is 27.5 Å². The number of hydrogen-bond acceptors (Lipinski definition) is 2. The van der Waals surface area contributed by atoms with Crippen LogP contribution in [0.5, 0.6) is 0 Å². The summed E-state index contributed by atoms with van der Waals surface area (Å²) in [6.45, 7) is 1.53. The quantitative estimate of drug-likeness (QED) is 0.808. The standard InChI is InChI=1S/C15H19BrClNO2/c1-18(8-7-12-4-2-3-9-20-12)15(19)13-10-11(16)5-6-14(13)17/h5-6,10,12H,2-4,7-9H2,1H3. The molecule has 1 aromatic rings. The SMILES string of the molecule is CN(CCC1CCCCO1)C(=O)c1cc(Br)ccc1Cl. The maximum absolute atomic E-state index is 12.4. The van der Waals surface area contributed by atoms with E-state index < -0.39 is 0 Å². The molecule has 20 heavy (non-hydrogen) atoms. The van der Waals surface area contributed by atoms with Crippen molar-refractivity contribution in [3.05, 3.63) is 33.3 Å². The summed E-state index contributed by atoms with van der Waals surface area (Å²) in [6.07, 6.45) is 4.64. The number of carbonyl (C=O) groups excluding carboxylic acids is 1. The maximum Gasteiger partial charge on any atom is 0.255 e. The van der Waals surface area contributed by atoms with E-state index in [1.807, 2.05) is 13.1 Å². The molecule has 0 saturated carbocycles. The predicted molar refractivity (Wildman–Crippen MR) is 84.3 cm³/mol. The molecule has 1 aliphatic rings. The molecule has 5 heteroatoms. The summed E-state index contributed by atoms with van der Waals surface area (Å²) in [4.78, 5) is 14.1. The highest BCUT2D eigenvalue weighted by molar-refractivity contribution is 9.10. The highest BCUT2D eigenvalue weighted by atomic mass is 79.9. The molecule has 1 atom stereocenters. The first-order valence-electron chi connectivity index (χ1n) is 6.90. The summed E-state index contributed by atoms with van der Waals surface area (Å²) in [6, 6.07) is 5.32. The minimum absolute atomic E-state index is 0.0490. The summed E-state index contributed by atoms with van der Waals surface area (Å²) in [5, 5.41) is 0.485. The molecule has 110 valence electrons. The number of rotatable bonds is 4. The Bertz CT molecular complexity index is 475. The lowest BCUT2D eigenvalue weighted by Crippen LogP contribution is -2.31. The predicted octanol–water partition coefficient (Wildman–Crippen LogP) is 4.13. The third-order valence-electron chi connectivity index (χ3n) is 3.57. The summed E-state index contributed by atoms with van der Waals surface area (Å²) >= 11 is 9.46. The Hall–Kier alpha value is -0.580. The summed E-state index contributed by atoms with van der Waals surface area (Å²) < 4.78 is 6.54. The molecule has 2 rings (SSSR count). The highest BCUT2D eigenvalue weighted by Gasteiger charge is 2.18. The first-order chi connectivity index (χ1) is 9.58. The third kappa shape index (κ3) is 4.21. The fraction of sp³-hybridized carbons (Fsp3) is 0.533. The number of ether oxygens (including phenoxy) is 1. The van der Waals surface area contributed by atoms with Gasteiger partial charge in [-0.2, -0.15) is 0 Å². The van der Waals surface area contributed by atoms with Gasteiger partial charge in [0.25, 0.3) is 5.91 Å². The molecular formula is C15H19BrClNO2. The van der Waals surface area contributed by atoms with Crippen LogP contribution in [0, 0.1) is 0 Å². The Morgan fingerprint density at radius 2 is 2.30 bits per heavy atom. The molecule has 0 aliphatic carbocycles. The van der Waals surface area contributed by atoms with Crippen LogP contribution in [0.1, 0.15) is 36.0 Å². The number of nitrogens with zero attached hydrogens (tertiary/aromatic N) is 1. The van der Waals surface area contributed by atoms with Crippen molar-refractivity contribution in [2.24, 2.45) is 0 Å². The van der Waals surface area contributed by atoms with Gasteiger partial charge in [0.15, 0.2) is 0 Å². The van der Waals surface area contributed by atoms with E-state index in [0.717, 1.165) is 30.3 Å². The molecule has 0 radical (unpaired) electrons. The molecule has 1 aromatic carbocycles. The van der Waals surface area contributed by atoms with Crippen LogP contribution in [-0.2, 0) is 4.74 Å². The van der Waals surface area contributed by atoms with Crippen LogP contribution < -0.4 is 0 Å². The molecule has 0 bridgehead atoms. The molecular weight excluding hydrogens is 342 g/mol. The zero-order valence-electron chi connectivity index (χ0n) is 11.6. The van der Waals surface area contributed by atoms with Crippen molar-refractivity contribution in [2.75, 3.05) is 20.2 Å². The third-order valence-corrected chi connectivity index (χ3v) is 4.39. The van der Waals surface area contributed by atoms with E-state index >= 15 is 0 Å². The molecule has 1 unspecified atom stereocenters. The van der Waals surface area contributed by atoms with Crippen LogP contribution >= 0.6 is 27.5 Å². The second kappa shape index (κ2) is 7.43. The summed E-state index contributed by atoms with van der Waals surface area (Å²) in [7, 11) is 1.81. The van der Waals surface area contributed by atoms with Crippen molar-refractivity contribution in [3.8, 4) is 0 Å². The smallest absolute Gasteiger partial charge is 0.255 e. The average Bonchev–Trinajstić information content (AvgIpc) is 2.47. The van der Waals surface area contributed by atoms with E-state index in [1.54, 1.807) is 17.0 Å². The number of carbonyl (C=O) groups is 1. The number of amides is 1. The Balaban J connectivity index is 1.92. The lowest BCUT2D eigenvalue weighted by Gasteiger charge is -2.25. The Labute approximate surface area is 133 Å². The minimum Gasteiger partial charge on any atom is -0.378 e. The van der Waals surface area contributed by atoms with Gasteiger partial charge in [0, 0.05) is 24.7 Å². The Morgan fingerprint density at radius 3 is 3.00 bits per heavy atom. The zero-order valence-corrected chi connectivity index (χ0v) is 13.9. The molecule has 1 amide bonds. The second-order valence-electron chi connectivity index (χ2n) is 5.13. The Morgan fingerprint density at radius 1 is 1.50 bits per heavy atom. The Kier molecular flexibility index (Phi) is 5.87. The summed E-state index contributed by atoms with van der Waals surface area (Å²) in [5.74, 6) is -0.0490. The average molecular weight is 361 g/mol. The van der Waals surface area contributed by atoms with E-state index in [0.29, 0.717) is 17.1 Å². The van der Waals surface area contributed by atoms with Gasteiger partial charge in [0.05, 0.1) is 16.7 Å². The molecule has 1 fully saturated rings. The largest absolute Gasteiger partial charge is 0.378 e. The van der Waals surface area contributed by atoms with Gasteiger partial charge in [-0.15, -0.1) is 0 Å². The van der Waals surface area contributed by atoms with Crippen LogP contribution in [0.4, 0.5) is 0 Å². The number of benzene rings is 1. The van der Waals surface area contributed by atoms with Crippen LogP contribution in [0.25, 0.3) is 0 Å². The molecule has 1 aliphatic heterocycles. The molecule has 0 spiro atoms. The van der Waals surface area contributed by atoms with Crippen molar-refractivity contribution in [1.29, 1.82) is 0 Å².